The van der Waals surface area contributed by atoms with Gasteiger partial charge in [0.25, 0.3) is 0 Å². The zero-order chi connectivity index (χ0) is 22.9. The second-order valence-electron chi connectivity index (χ2n) is 8.57. The molecular weight excluding hydrogens is 418 g/mol. The number of nitrogens with zero attached hydrogens (tertiary/aromatic N) is 1. The van der Waals surface area contributed by atoms with Crippen LogP contribution in [0, 0.1) is 17.2 Å². The molecule has 5 heteroatoms. The van der Waals surface area contributed by atoms with E-state index in [4.69, 9.17) is 4.74 Å². The molecule has 0 fully saturated rings. The summed E-state index contributed by atoms with van der Waals surface area (Å²) in [5, 5.41) is 20.1. The van der Waals surface area contributed by atoms with E-state index < -0.39 is 6.10 Å². The van der Waals surface area contributed by atoms with Gasteiger partial charge >= 0.3 is 5.97 Å². The van der Waals surface area contributed by atoms with Crippen LogP contribution in [-0.4, -0.2) is 18.2 Å². The van der Waals surface area contributed by atoms with E-state index in [2.05, 4.69) is 31.2 Å². The average molecular weight is 452 g/mol. The zero-order valence-corrected chi connectivity index (χ0v) is 19.9. The van der Waals surface area contributed by atoms with Crippen LogP contribution < -0.4 is 0 Å². The number of benzene rings is 1. The number of hydrogen-bond acceptors (Lipinski definition) is 5. The predicted molar refractivity (Wildman–Crippen MR) is 129 cm³/mol. The highest BCUT2D eigenvalue weighted by Crippen LogP contribution is 2.42. The second-order valence-corrected chi connectivity index (χ2v) is 9.74. The third-order valence-corrected chi connectivity index (χ3v) is 7.51. The Morgan fingerprint density at radius 3 is 2.69 bits per heavy atom. The minimum atomic E-state index is -0.415. The summed E-state index contributed by atoms with van der Waals surface area (Å²) in [6, 6.07) is 14.5. The number of carbonyl (C=O) groups is 1. The summed E-state index contributed by atoms with van der Waals surface area (Å²) in [7, 11) is 1.40. The van der Waals surface area contributed by atoms with E-state index in [9.17, 15) is 15.2 Å². The van der Waals surface area contributed by atoms with E-state index in [-0.39, 0.29) is 11.9 Å². The summed E-state index contributed by atoms with van der Waals surface area (Å²) < 4.78 is 4.79. The van der Waals surface area contributed by atoms with E-state index >= 15 is 0 Å². The summed E-state index contributed by atoms with van der Waals surface area (Å²) in [4.78, 5) is 13.5. The maximum Gasteiger partial charge on any atom is 0.348 e. The van der Waals surface area contributed by atoms with Crippen LogP contribution in [0.2, 0.25) is 0 Å². The van der Waals surface area contributed by atoms with Crippen LogP contribution in [0.25, 0.3) is 0 Å². The van der Waals surface area contributed by atoms with Crippen molar-refractivity contribution in [3.63, 3.8) is 0 Å². The van der Waals surface area contributed by atoms with E-state index in [1.807, 2.05) is 24.3 Å². The Morgan fingerprint density at radius 1 is 1.22 bits per heavy atom. The molecule has 3 rings (SSSR count). The van der Waals surface area contributed by atoms with Crippen LogP contribution in [-0.2, 0) is 11.2 Å². The third kappa shape index (κ3) is 6.09. The molecule has 0 saturated heterocycles. The first kappa shape index (κ1) is 24.2. The van der Waals surface area contributed by atoms with Crippen molar-refractivity contribution in [3.8, 4) is 6.07 Å². The average Bonchev–Trinajstić information content (AvgIpc) is 3.46. The van der Waals surface area contributed by atoms with Gasteiger partial charge in [-0.25, -0.2) is 4.79 Å². The number of thiophene rings is 1. The summed E-state index contributed by atoms with van der Waals surface area (Å²) >= 11 is 1.50. The number of carbonyl (C=O) groups excluding carboxylic acids is 1. The zero-order valence-electron chi connectivity index (χ0n) is 19.0. The molecule has 32 heavy (non-hydrogen) atoms. The number of hydrogen-bond donors (Lipinski definition) is 1. The molecule has 0 amide bonds. The highest BCUT2D eigenvalue weighted by Gasteiger charge is 2.31. The van der Waals surface area contributed by atoms with Gasteiger partial charge in [0.2, 0.25) is 0 Å². The molecule has 0 spiro atoms. The Kier molecular flexibility index (Phi) is 9.08. The fourth-order valence-electron chi connectivity index (χ4n) is 4.59. The minimum absolute atomic E-state index is 0.125. The van der Waals surface area contributed by atoms with Gasteiger partial charge in [0.05, 0.1) is 19.3 Å². The molecule has 1 aliphatic carbocycles. The van der Waals surface area contributed by atoms with Crippen LogP contribution in [0.4, 0.5) is 0 Å². The van der Waals surface area contributed by atoms with Crippen LogP contribution in [0.3, 0.4) is 0 Å². The Labute approximate surface area is 195 Å². The van der Waals surface area contributed by atoms with Crippen molar-refractivity contribution < 1.29 is 14.6 Å². The molecule has 1 aromatic carbocycles. The minimum Gasteiger partial charge on any atom is -0.465 e. The van der Waals surface area contributed by atoms with Gasteiger partial charge in [-0.15, -0.1) is 11.3 Å². The molecule has 2 aromatic rings. The highest BCUT2D eigenvalue weighted by atomic mass is 32.1. The quantitative estimate of drug-likeness (QED) is 0.304. The normalized spacial score (nSPS) is 18.8. The van der Waals surface area contributed by atoms with Crippen molar-refractivity contribution in [2.24, 2.45) is 5.92 Å². The number of esters is 1. The number of allylic oxidation sites excluding steroid dienone is 2. The molecular formula is C27H33NO3S. The number of methoxy groups -OCH3 is 1. The van der Waals surface area contributed by atoms with E-state index in [0.29, 0.717) is 10.8 Å². The molecule has 1 N–H and O–H groups in total. The third-order valence-electron chi connectivity index (χ3n) is 6.38. The number of unbranched alkanes of at least 4 members (excludes halogenated alkanes) is 2. The van der Waals surface area contributed by atoms with Crippen LogP contribution in [0.15, 0.2) is 48.0 Å². The second kappa shape index (κ2) is 12.0. The first-order chi connectivity index (χ1) is 15.6. The summed E-state index contributed by atoms with van der Waals surface area (Å²) in [5.41, 5.74) is 2.98. The number of nitriles is 1. The predicted octanol–water partition coefficient (Wildman–Crippen LogP) is 6.72. The molecule has 0 bridgehead atoms. The van der Waals surface area contributed by atoms with Crippen molar-refractivity contribution in [2.75, 3.05) is 7.11 Å². The lowest BCUT2D eigenvalue weighted by Gasteiger charge is -2.22. The topological polar surface area (TPSA) is 70.3 Å². The molecule has 1 aliphatic rings. The van der Waals surface area contributed by atoms with Gasteiger partial charge in [-0.2, -0.15) is 5.26 Å². The Morgan fingerprint density at radius 2 is 2.00 bits per heavy atom. The first-order valence-corrected chi connectivity index (χ1v) is 12.4. The molecule has 0 saturated carbocycles. The SMILES string of the molecule is CCCCC[C@H](O)c1ccc([C@H]2C(C#N)=CCC2CCCc2ccc(C(=O)OC)s2)cc1. The van der Waals surface area contributed by atoms with Gasteiger partial charge in [-0.05, 0) is 61.3 Å². The Balaban J connectivity index is 1.60. The lowest BCUT2D eigenvalue weighted by molar-refractivity contribution is 0.0606. The molecule has 1 aromatic heterocycles. The Hall–Kier alpha value is -2.42. The van der Waals surface area contributed by atoms with Crippen LogP contribution in [0.1, 0.15) is 89.6 Å². The summed E-state index contributed by atoms with van der Waals surface area (Å²) in [6.07, 6.45) is 9.69. The van der Waals surface area contributed by atoms with Gasteiger partial charge in [0.15, 0.2) is 0 Å². The molecule has 0 aliphatic heterocycles. The van der Waals surface area contributed by atoms with Crippen LogP contribution in [0.5, 0.6) is 0 Å². The molecule has 170 valence electrons. The number of ether oxygens (including phenoxy) is 1. The summed E-state index contributed by atoms with van der Waals surface area (Å²) in [5.74, 6) is 0.254. The number of aliphatic hydroxyl groups excluding tert-OH is 1. The van der Waals surface area contributed by atoms with Crippen molar-refractivity contribution >= 4 is 17.3 Å². The maximum atomic E-state index is 11.6. The fourth-order valence-corrected chi connectivity index (χ4v) is 5.56. The molecule has 4 nitrogen and oxygen atoms in total. The van der Waals surface area contributed by atoms with Crippen molar-refractivity contribution in [1.29, 1.82) is 5.26 Å². The summed E-state index contributed by atoms with van der Waals surface area (Å²) in [6.45, 7) is 2.17. The van der Waals surface area contributed by atoms with Crippen molar-refractivity contribution in [3.05, 3.63) is 68.9 Å². The lowest BCUT2D eigenvalue weighted by atomic mass is 9.82. The van der Waals surface area contributed by atoms with Crippen molar-refractivity contribution in [1.82, 2.24) is 0 Å². The van der Waals surface area contributed by atoms with Crippen LogP contribution >= 0.6 is 11.3 Å². The van der Waals surface area contributed by atoms with E-state index in [1.165, 1.54) is 23.3 Å². The smallest absolute Gasteiger partial charge is 0.348 e. The standard InChI is InChI=1S/C27H33NO3S/c1-3-4-5-9-24(29)19-10-12-21(13-11-19)26-20(14-15-22(26)18-28)7-6-8-23-16-17-25(32-23)27(30)31-2/h10-13,15-17,20,24,26,29H,3-9,14H2,1-2H3/t20?,24-,26-/m0/s1. The van der Waals surface area contributed by atoms with Gasteiger partial charge in [0, 0.05) is 16.4 Å². The van der Waals surface area contributed by atoms with E-state index in [0.717, 1.165) is 68.1 Å². The van der Waals surface area contributed by atoms with E-state index in [1.54, 1.807) is 0 Å². The molecule has 1 unspecified atom stereocenters. The fraction of sp³-hybridized carbons (Fsp3) is 0.481. The Bertz CT molecular complexity index is 954. The molecule has 3 atom stereocenters. The molecule has 1 heterocycles. The van der Waals surface area contributed by atoms with Gasteiger partial charge in [-0.1, -0.05) is 56.5 Å². The number of aliphatic hydroxyl groups is 1. The number of rotatable bonds is 11. The van der Waals surface area contributed by atoms with Gasteiger partial charge < -0.3 is 9.84 Å². The molecule has 0 radical (unpaired) electrons. The maximum absolute atomic E-state index is 11.6. The first-order valence-electron chi connectivity index (χ1n) is 11.6. The monoisotopic (exact) mass is 451 g/mol. The highest BCUT2D eigenvalue weighted by molar-refractivity contribution is 7.13. The lowest BCUT2D eigenvalue weighted by Crippen LogP contribution is -2.10. The van der Waals surface area contributed by atoms with Gasteiger partial charge in [-0.3, -0.25) is 0 Å². The van der Waals surface area contributed by atoms with Gasteiger partial charge in [0.1, 0.15) is 4.88 Å². The largest absolute Gasteiger partial charge is 0.465 e. The van der Waals surface area contributed by atoms with Crippen molar-refractivity contribution in [2.45, 2.75) is 70.3 Å². The number of aryl methyl sites for hydroxylation is 1.